The number of halogens is 4. The summed E-state index contributed by atoms with van der Waals surface area (Å²) in [4.78, 5) is 21.1. The van der Waals surface area contributed by atoms with Crippen LogP contribution in [-0.2, 0) is 17.9 Å². The van der Waals surface area contributed by atoms with Crippen molar-refractivity contribution in [2.24, 2.45) is 0 Å². The normalized spacial score (nSPS) is 13.7. The Hall–Kier alpha value is -2.54. The fourth-order valence-electron chi connectivity index (χ4n) is 4.29. The Balaban J connectivity index is 0.00000180. The van der Waals surface area contributed by atoms with Crippen LogP contribution in [0.25, 0.3) is 11.1 Å². The van der Waals surface area contributed by atoms with Gasteiger partial charge in [-0.3, -0.25) is 9.69 Å². The van der Waals surface area contributed by atoms with E-state index in [1.54, 1.807) is 4.90 Å². The Morgan fingerprint density at radius 2 is 1.53 bits per heavy atom. The first-order chi connectivity index (χ1) is 16.5. The molecule has 2 heterocycles. The minimum absolute atomic E-state index is 0. The Kier molecular flexibility index (Phi) is 9.83. The second-order valence-corrected chi connectivity index (χ2v) is 9.33. The summed E-state index contributed by atoms with van der Waals surface area (Å²) in [6.45, 7) is 3.19. The van der Waals surface area contributed by atoms with Gasteiger partial charge in [-0.2, -0.15) is 0 Å². The second-order valence-electron chi connectivity index (χ2n) is 8.46. The topological polar surface area (TPSA) is 41.4 Å². The Labute approximate surface area is 233 Å². The van der Waals surface area contributed by atoms with Crippen molar-refractivity contribution in [3.63, 3.8) is 0 Å². The first kappa shape index (κ1) is 28.0. The van der Waals surface area contributed by atoms with Crippen LogP contribution in [0.2, 0.25) is 10.0 Å². The van der Waals surface area contributed by atoms with Crippen LogP contribution in [-0.4, -0.2) is 40.0 Å². The molecule has 1 fully saturated rings. The number of nitrogens with zero attached hydrogens (tertiary/aromatic N) is 4. The molecular formula is C27H26Cl4N4O. The molecule has 0 atom stereocenters. The van der Waals surface area contributed by atoms with Crippen molar-refractivity contribution in [3.05, 3.63) is 107 Å². The molecule has 0 spiro atoms. The molecule has 1 amide bonds. The third-order valence-corrected chi connectivity index (χ3v) is 6.54. The van der Waals surface area contributed by atoms with Crippen LogP contribution in [0.5, 0.6) is 0 Å². The van der Waals surface area contributed by atoms with Crippen LogP contribution >= 0.6 is 48.0 Å². The van der Waals surface area contributed by atoms with Gasteiger partial charge in [-0.15, -0.1) is 24.8 Å². The molecule has 36 heavy (non-hydrogen) atoms. The van der Waals surface area contributed by atoms with E-state index in [9.17, 15) is 4.79 Å². The van der Waals surface area contributed by atoms with Gasteiger partial charge in [0.2, 0.25) is 5.91 Å². The van der Waals surface area contributed by atoms with E-state index in [4.69, 9.17) is 23.2 Å². The molecule has 0 aliphatic carbocycles. The highest BCUT2D eigenvalue weighted by molar-refractivity contribution is 6.31. The SMILES string of the molecule is Cl.Cl.O=C1CN(Cc2cncn2Cc2ccc(-c3cccc(Cl)c3)cc2)CCN1c1cccc(Cl)c1. The molecule has 0 unspecified atom stereocenters. The van der Waals surface area contributed by atoms with E-state index in [0.717, 1.165) is 40.6 Å². The number of hydrogen-bond acceptors (Lipinski definition) is 3. The van der Waals surface area contributed by atoms with Crippen LogP contribution in [0.1, 0.15) is 11.3 Å². The molecule has 0 N–H and O–H groups in total. The maximum atomic E-state index is 12.8. The summed E-state index contributed by atoms with van der Waals surface area (Å²) in [6.07, 6.45) is 3.73. The standard InChI is InChI=1S/C27H24Cl2N4O.2ClH/c28-23-4-1-3-22(13-23)21-9-7-20(8-10-21)16-32-19-30-15-26(32)17-31-11-12-33(27(34)18-31)25-6-2-5-24(29)14-25;;/h1-10,13-15,19H,11-12,16-18H2;2*1H. The average molecular weight is 564 g/mol. The summed E-state index contributed by atoms with van der Waals surface area (Å²) in [5, 5.41) is 1.37. The van der Waals surface area contributed by atoms with E-state index < -0.39 is 0 Å². The first-order valence-electron chi connectivity index (χ1n) is 11.2. The number of anilines is 1. The van der Waals surface area contributed by atoms with Gasteiger partial charge in [0.25, 0.3) is 0 Å². The van der Waals surface area contributed by atoms with Gasteiger partial charge < -0.3 is 9.47 Å². The third-order valence-electron chi connectivity index (χ3n) is 6.07. The van der Waals surface area contributed by atoms with Gasteiger partial charge in [-0.1, -0.05) is 65.7 Å². The van der Waals surface area contributed by atoms with Gasteiger partial charge in [0.15, 0.2) is 0 Å². The van der Waals surface area contributed by atoms with Crippen molar-refractivity contribution in [2.45, 2.75) is 13.1 Å². The maximum absolute atomic E-state index is 12.8. The number of carbonyl (C=O) groups is 1. The fraction of sp³-hybridized carbons (Fsp3) is 0.185. The number of piperazine rings is 1. The van der Waals surface area contributed by atoms with Gasteiger partial charge in [-0.25, -0.2) is 4.98 Å². The molecule has 5 nitrogen and oxygen atoms in total. The van der Waals surface area contributed by atoms with Crippen molar-refractivity contribution >= 4 is 59.6 Å². The smallest absolute Gasteiger partial charge is 0.241 e. The lowest BCUT2D eigenvalue weighted by molar-refractivity contribution is -0.121. The van der Waals surface area contributed by atoms with E-state index in [-0.39, 0.29) is 30.7 Å². The predicted molar refractivity (Wildman–Crippen MR) is 152 cm³/mol. The highest BCUT2D eigenvalue weighted by Gasteiger charge is 2.25. The van der Waals surface area contributed by atoms with Crippen molar-refractivity contribution in [3.8, 4) is 11.1 Å². The number of benzene rings is 3. The fourth-order valence-corrected chi connectivity index (χ4v) is 4.67. The largest absolute Gasteiger partial charge is 0.329 e. The van der Waals surface area contributed by atoms with Crippen molar-refractivity contribution < 1.29 is 4.79 Å². The van der Waals surface area contributed by atoms with Crippen LogP contribution < -0.4 is 4.90 Å². The number of aromatic nitrogens is 2. The minimum Gasteiger partial charge on any atom is -0.329 e. The summed E-state index contributed by atoms with van der Waals surface area (Å²) in [5.41, 5.74) is 5.36. The molecular weight excluding hydrogens is 538 g/mol. The molecule has 1 aliphatic heterocycles. The van der Waals surface area contributed by atoms with Crippen molar-refractivity contribution in [1.82, 2.24) is 14.5 Å². The monoisotopic (exact) mass is 562 g/mol. The third kappa shape index (κ3) is 6.61. The minimum atomic E-state index is 0. The second kappa shape index (κ2) is 12.6. The quantitative estimate of drug-likeness (QED) is 0.265. The Bertz CT molecular complexity index is 1310. The van der Waals surface area contributed by atoms with Gasteiger partial charge >= 0.3 is 0 Å². The van der Waals surface area contributed by atoms with Crippen molar-refractivity contribution in [2.75, 3.05) is 24.5 Å². The molecule has 4 aromatic rings. The van der Waals surface area contributed by atoms with Crippen LogP contribution in [0, 0.1) is 0 Å². The first-order valence-corrected chi connectivity index (χ1v) is 11.9. The zero-order valence-corrected chi connectivity index (χ0v) is 22.5. The highest BCUT2D eigenvalue weighted by Crippen LogP contribution is 2.24. The summed E-state index contributed by atoms with van der Waals surface area (Å²) in [7, 11) is 0. The molecule has 9 heteroatoms. The summed E-state index contributed by atoms with van der Waals surface area (Å²) < 4.78 is 2.14. The molecule has 0 radical (unpaired) electrons. The molecule has 0 saturated carbocycles. The zero-order valence-electron chi connectivity index (χ0n) is 19.4. The average Bonchev–Trinajstić information content (AvgIpc) is 3.26. The molecule has 1 aromatic heterocycles. The predicted octanol–water partition coefficient (Wildman–Crippen LogP) is 6.60. The Morgan fingerprint density at radius 3 is 2.22 bits per heavy atom. The lowest BCUT2D eigenvalue weighted by atomic mass is 10.0. The van der Waals surface area contributed by atoms with Crippen molar-refractivity contribution in [1.29, 1.82) is 0 Å². The molecule has 188 valence electrons. The molecule has 5 rings (SSSR count). The van der Waals surface area contributed by atoms with Gasteiger partial charge in [0, 0.05) is 48.1 Å². The summed E-state index contributed by atoms with van der Waals surface area (Å²) in [5.74, 6) is 0.0798. The number of imidazole rings is 1. The van der Waals surface area contributed by atoms with E-state index in [1.165, 1.54) is 5.56 Å². The van der Waals surface area contributed by atoms with Crippen LogP contribution in [0.15, 0.2) is 85.3 Å². The van der Waals surface area contributed by atoms with E-state index in [1.807, 2.05) is 55.0 Å². The zero-order chi connectivity index (χ0) is 23.5. The van der Waals surface area contributed by atoms with E-state index >= 15 is 0 Å². The molecule has 1 aliphatic rings. The molecule has 3 aromatic carbocycles. The maximum Gasteiger partial charge on any atom is 0.241 e. The molecule has 0 bridgehead atoms. The number of carbonyl (C=O) groups excluding carboxylic acids is 1. The number of rotatable bonds is 6. The summed E-state index contributed by atoms with van der Waals surface area (Å²) >= 11 is 12.2. The highest BCUT2D eigenvalue weighted by atomic mass is 35.5. The lowest BCUT2D eigenvalue weighted by Crippen LogP contribution is -2.50. The van der Waals surface area contributed by atoms with Gasteiger partial charge in [0.1, 0.15) is 0 Å². The van der Waals surface area contributed by atoms with Crippen LogP contribution in [0.3, 0.4) is 0 Å². The number of amides is 1. The van der Waals surface area contributed by atoms with Crippen LogP contribution in [0.4, 0.5) is 5.69 Å². The Morgan fingerprint density at radius 1 is 0.806 bits per heavy atom. The molecule has 1 saturated heterocycles. The van der Waals surface area contributed by atoms with Gasteiger partial charge in [-0.05, 0) is 47.0 Å². The summed E-state index contributed by atoms with van der Waals surface area (Å²) in [6, 6.07) is 23.8. The van der Waals surface area contributed by atoms with E-state index in [0.29, 0.717) is 24.7 Å². The van der Waals surface area contributed by atoms with E-state index in [2.05, 4.69) is 44.8 Å². The number of hydrogen-bond donors (Lipinski definition) is 0. The lowest BCUT2D eigenvalue weighted by Gasteiger charge is -2.34. The van der Waals surface area contributed by atoms with Gasteiger partial charge in [0.05, 0.1) is 18.6 Å².